The molecule has 0 aromatic heterocycles. The van der Waals surface area contributed by atoms with Gasteiger partial charge in [-0.05, 0) is 36.5 Å². The van der Waals surface area contributed by atoms with Crippen LogP contribution in [0.5, 0.6) is 17.2 Å². The van der Waals surface area contributed by atoms with Gasteiger partial charge in [0.2, 0.25) is 11.7 Å². The Balaban J connectivity index is 2.00. The summed E-state index contributed by atoms with van der Waals surface area (Å²) in [4.78, 5) is 12.0. The summed E-state index contributed by atoms with van der Waals surface area (Å²) in [5.74, 6) is 2.11. The lowest BCUT2D eigenvalue weighted by Gasteiger charge is -2.15. The van der Waals surface area contributed by atoms with Crippen molar-refractivity contribution in [3.63, 3.8) is 0 Å². The lowest BCUT2D eigenvalue weighted by atomic mass is 10.1. The molecule has 6 heteroatoms. The van der Waals surface area contributed by atoms with Crippen molar-refractivity contribution in [3.8, 4) is 17.2 Å². The fraction of sp³-hybridized carbons (Fsp3) is 0.562. The van der Waals surface area contributed by atoms with Gasteiger partial charge >= 0.3 is 0 Å². The molecule has 0 bridgehead atoms. The first-order chi connectivity index (χ1) is 10.6. The Kier molecular flexibility index (Phi) is 5.49. The minimum atomic E-state index is -0.0645. The molecule has 0 aliphatic heterocycles. The van der Waals surface area contributed by atoms with Crippen LogP contribution in [0.3, 0.4) is 0 Å². The molecule has 6 nitrogen and oxygen atoms in total. The number of hydrogen-bond donors (Lipinski definition) is 2. The van der Waals surface area contributed by atoms with E-state index in [0.29, 0.717) is 29.7 Å². The normalized spacial score (nSPS) is 15.1. The zero-order chi connectivity index (χ0) is 16.1. The summed E-state index contributed by atoms with van der Waals surface area (Å²) in [5.41, 5.74) is 6.78. The average molecular weight is 308 g/mol. The summed E-state index contributed by atoms with van der Waals surface area (Å²) in [6.07, 6.45) is 2.59. The van der Waals surface area contributed by atoms with Gasteiger partial charge in [-0.15, -0.1) is 0 Å². The van der Waals surface area contributed by atoms with Crippen LogP contribution < -0.4 is 25.3 Å². The van der Waals surface area contributed by atoms with Crippen LogP contribution in [0.2, 0.25) is 0 Å². The summed E-state index contributed by atoms with van der Waals surface area (Å²) >= 11 is 0. The van der Waals surface area contributed by atoms with Gasteiger partial charge in [-0.1, -0.05) is 0 Å². The maximum Gasteiger partial charge on any atom is 0.224 e. The molecule has 0 radical (unpaired) electrons. The fourth-order valence-corrected chi connectivity index (χ4v) is 2.41. The number of hydrogen-bond acceptors (Lipinski definition) is 5. The largest absolute Gasteiger partial charge is 0.493 e. The second-order valence-electron chi connectivity index (χ2n) is 5.52. The number of methoxy groups -OCH3 is 3. The second kappa shape index (κ2) is 7.35. The summed E-state index contributed by atoms with van der Waals surface area (Å²) in [6.45, 7) is 0.522. The first-order valence-electron chi connectivity index (χ1n) is 7.40. The molecule has 1 unspecified atom stereocenters. The van der Waals surface area contributed by atoms with Crippen LogP contribution in [-0.2, 0) is 11.2 Å². The van der Waals surface area contributed by atoms with Crippen molar-refractivity contribution in [2.24, 2.45) is 11.7 Å². The first kappa shape index (κ1) is 16.4. The Morgan fingerprint density at radius 3 is 2.27 bits per heavy atom. The third-order valence-electron chi connectivity index (χ3n) is 3.85. The number of carbonyl (C=O) groups excluding carboxylic acids is 1. The molecule has 1 atom stereocenters. The monoisotopic (exact) mass is 308 g/mol. The molecule has 0 spiro atoms. The van der Waals surface area contributed by atoms with Gasteiger partial charge in [-0.2, -0.15) is 0 Å². The minimum Gasteiger partial charge on any atom is -0.493 e. The van der Waals surface area contributed by atoms with E-state index in [1.165, 1.54) is 12.8 Å². The number of rotatable bonds is 8. The standard InChI is InChI=1S/C16H24N2O4/c1-20-13-6-10(7-14(21-2)16(13)22-3)8-15(19)18-9-12(17)11-4-5-11/h6-7,11-12H,4-5,8-9,17H2,1-3H3,(H,18,19). The predicted octanol–water partition coefficient (Wildman–Crippen LogP) is 1.11. The van der Waals surface area contributed by atoms with Crippen molar-refractivity contribution < 1.29 is 19.0 Å². The van der Waals surface area contributed by atoms with Crippen LogP contribution >= 0.6 is 0 Å². The van der Waals surface area contributed by atoms with E-state index in [-0.39, 0.29) is 18.4 Å². The Morgan fingerprint density at radius 2 is 1.82 bits per heavy atom. The second-order valence-corrected chi connectivity index (χ2v) is 5.52. The van der Waals surface area contributed by atoms with Crippen LogP contribution in [0.4, 0.5) is 0 Å². The molecule has 1 amide bonds. The highest BCUT2D eigenvalue weighted by Crippen LogP contribution is 2.38. The molecular formula is C16H24N2O4. The van der Waals surface area contributed by atoms with Crippen molar-refractivity contribution in [2.75, 3.05) is 27.9 Å². The van der Waals surface area contributed by atoms with Crippen molar-refractivity contribution in [2.45, 2.75) is 25.3 Å². The summed E-state index contributed by atoms with van der Waals surface area (Å²) < 4.78 is 15.8. The highest BCUT2D eigenvalue weighted by molar-refractivity contribution is 5.79. The Bertz CT molecular complexity index is 504. The molecular weight excluding hydrogens is 284 g/mol. The van der Waals surface area contributed by atoms with E-state index in [0.717, 1.165) is 5.56 Å². The number of amides is 1. The molecule has 1 saturated carbocycles. The summed E-state index contributed by atoms with van der Waals surface area (Å²) in [7, 11) is 4.65. The van der Waals surface area contributed by atoms with Crippen molar-refractivity contribution in [3.05, 3.63) is 17.7 Å². The molecule has 2 rings (SSSR count). The third kappa shape index (κ3) is 4.04. The third-order valence-corrected chi connectivity index (χ3v) is 3.85. The van der Waals surface area contributed by atoms with Crippen molar-refractivity contribution in [1.29, 1.82) is 0 Å². The van der Waals surface area contributed by atoms with Crippen molar-refractivity contribution >= 4 is 5.91 Å². The van der Waals surface area contributed by atoms with Gasteiger partial charge in [0.05, 0.1) is 27.8 Å². The number of ether oxygens (including phenoxy) is 3. The van der Waals surface area contributed by atoms with Crippen molar-refractivity contribution in [1.82, 2.24) is 5.32 Å². The fourth-order valence-electron chi connectivity index (χ4n) is 2.41. The number of benzene rings is 1. The van der Waals surface area contributed by atoms with Gasteiger partial charge in [0, 0.05) is 12.6 Å². The van der Waals surface area contributed by atoms with Gasteiger partial charge in [0.25, 0.3) is 0 Å². The van der Waals surface area contributed by atoms with Crippen LogP contribution in [-0.4, -0.2) is 39.8 Å². The maximum atomic E-state index is 12.0. The maximum absolute atomic E-state index is 12.0. The van der Waals surface area contributed by atoms with Crippen LogP contribution in [0.1, 0.15) is 18.4 Å². The minimum absolute atomic E-state index is 0.0592. The zero-order valence-corrected chi connectivity index (χ0v) is 13.3. The molecule has 1 aliphatic carbocycles. The predicted molar refractivity (Wildman–Crippen MR) is 83.5 cm³/mol. The summed E-state index contributed by atoms with van der Waals surface area (Å²) in [6, 6.07) is 3.62. The molecule has 1 aromatic carbocycles. The molecule has 1 aromatic rings. The van der Waals surface area contributed by atoms with Crippen LogP contribution in [0, 0.1) is 5.92 Å². The summed E-state index contributed by atoms with van der Waals surface area (Å²) in [5, 5.41) is 2.88. The van der Waals surface area contributed by atoms with Crippen LogP contribution in [0.15, 0.2) is 12.1 Å². The van der Waals surface area contributed by atoms with E-state index in [2.05, 4.69) is 5.32 Å². The number of nitrogens with one attached hydrogen (secondary N) is 1. The van der Waals surface area contributed by atoms with E-state index in [1.807, 2.05) is 0 Å². The Labute approximate surface area is 130 Å². The highest BCUT2D eigenvalue weighted by atomic mass is 16.5. The van der Waals surface area contributed by atoms with Gasteiger partial charge in [0.15, 0.2) is 11.5 Å². The van der Waals surface area contributed by atoms with E-state index in [9.17, 15) is 4.79 Å². The van der Waals surface area contributed by atoms with Crippen LogP contribution in [0.25, 0.3) is 0 Å². The average Bonchev–Trinajstić information content (AvgIpc) is 3.36. The van der Waals surface area contributed by atoms with E-state index >= 15 is 0 Å². The van der Waals surface area contributed by atoms with Gasteiger partial charge in [-0.3, -0.25) is 4.79 Å². The van der Waals surface area contributed by atoms with Gasteiger partial charge in [-0.25, -0.2) is 0 Å². The quantitative estimate of drug-likeness (QED) is 0.751. The first-order valence-corrected chi connectivity index (χ1v) is 7.40. The molecule has 1 aliphatic rings. The molecule has 3 N–H and O–H groups in total. The van der Waals surface area contributed by atoms with E-state index in [4.69, 9.17) is 19.9 Å². The van der Waals surface area contributed by atoms with Gasteiger partial charge in [0.1, 0.15) is 0 Å². The zero-order valence-electron chi connectivity index (χ0n) is 13.3. The molecule has 122 valence electrons. The smallest absolute Gasteiger partial charge is 0.224 e. The lowest BCUT2D eigenvalue weighted by molar-refractivity contribution is -0.120. The molecule has 22 heavy (non-hydrogen) atoms. The van der Waals surface area contributed by atoms with E-state index in [1.54, 1.807) is 33.5 Å². The molecule has 0 saturated heterocycles. The SMILES string of the molecule is COc1cc(CC(=O)NCC(N)C2CC2)cc(OC)c1OC. The number of carbonyl (C=O) groups is 1. The topological polar surface area (TPSA) is 82.8 Å². The van der Waals surface area contributed by atoms with E-state index < -0.39 is 0 Å². The Hall–Kier alpha value is -1.95. The Morgan fingerprint density at radius 1 is 1.23 bits per heavy atom. The van der Waals surface area contributed by atoms with Gasteiger partial charge < -0.3 is 25.3 Å². The number of nitrogens with two attached hydrogens (primary N) is 1. The lowest BCUT2D eigenvalue weighted by Crippen LogP contribution is -2.39. The highest BCUT2D eigenvalue weighted by Gasteiger charge is 2.28. The molecule has 0 heterocycles. The molecule has 1 fully saturated rings.